The summed E-state index contributed by atoms with van der Waals surface area (Å²) in [6.45, 7) is 8.57. The van der Waals surface area contributed by atoms with E-state index in [0.717, 1.165) is 12.1 Å². The Hall–Kier alpha value is -3.12. The molecule has 0 aliphatic carbocycles. The van der Waals surface area contributed by atoms with E-state index in [-0.39, 0.29) is 23.8 Å². The van der Waals surface area contributed by atoms with Crippen LogP contribution in [-0.4, -0.2) is 39.6 Å². The van der Waals surface area contributed by atoms with Gasteiger partial charge >= 0.3 is 0 Å². The second-order valence-electron chi connectivity index (χ2n) is 8.67. The molecule has 0 radical (unpaired) electrons. The van der Waals surface area contributed by atoms with Crippen molar-refractivity contribution >= 4 is 29.2 Å². The molecule has 0 unspecified atom stereocenters. The van der Waals surface area contributed by atoms with Crippen LogP contribution >= 0.6 is 11.6 Å². The number of halogens is 1. The standard InChI is InChI=1S/C25H29ClN4O2/c1-5-15-29(24(32)18-11-7-6-8-12-18)17-23(31)27-22-16-21(25(2,3)4)28-30(22)20-14-10-9-13-19(20)26/h6-14,16H,5,15,17H2,1-4H3,(H,27,31). The number of nitrogens with zero attached hydrogens (tertiary/aromatic N) is 3. The molecule has 1 N–H and O–H groups in total. The maximum atomic E-state index is 13.0. The summed E-state index contributed by atoms with van der Waals surface area (Å²) in [7, 11) is 0. The van der Waals surface area contributed by atoms with Crippen LogP contribution in [0.25, 0.3) is 5.69 Å². The van der Waals surface area contributed by atoms with E-state index in [2.05, 4.69) is 26.1 Å². The molecular weight excluding hydrogens is 424 g/mol. The molecule has 0 saturated carbocycles. The highest BCUT2D eigenvalue weighted by Gasteiger charge is 2.24. The third-order valence-corrected chi connectivity index (χ3v) is 5.28. The van der Waals surface area contributed by atoms with Crippen LogP contribution in [-0.2, 0) is 10.2 Å². The summed E-state index contributed by atoms with van der Waals surface area (Å²) in [6.07, 6.45) is 0.748. The topological polar surface area (TPSA) is 67.2 Å². The second kappa shape index (κ2) is 10.0. The van der Waals surface area contributed by atoms with Gasteiger partial charge in [-0.05, 0) is 30.7 Å². The van der Waals surface area contributed by atoms with Crippen molar-refractivity contribution in [3.05, 3.63) is 76.9 Å². The summed E-state index contributed by atoms with van der Waals surface area (Å²) in [6, 6.07) is 18.2. The largest absolute Gasteiger partial charge is 0.329 e. The molecule has 0 saturated heterocycles. The molecule has 2 amide bonds. The first-order chi connectivity index (χ1) is 15.2. The van der Waals surface area contributed by atoms with Gasteiger partial charge in [-0.3, -0.25) is 9.59 Å². The molecule has 0 fully saturated rings. The highest BCUT2D eigenvalue weighted by molar-refractivity contribution is 6.32. The van der Waals surface area contributed by atoms with Gasteiger partial charge in [0.1, 0.15) is 12.4 Å². The number of hydrogen-bond donors (Lipinski definition) is 1. The number of benzene rings is 2. The van der Waals surface area contributed by atoms with Crippen LogP contribution < -0.4 is 5.32 Å². The van der Waals surface area contributed by atoms with Gasteiger partial charge in [0.25, 0.3) is 5.91 Å². The number of hydrogen-bond acceptors (Lipinski definition) is 3. The van der Waals surface area contributed by atoms with E-state index in [0.29, 0.717) is 28.6 Å². The van der Waals surface area contributed by atoms with Gasteiger partial charge < -0.3 is 10.2 Å². The molecule has 168 valence electrons. The molecule has 3 rings (SSSR count). The molecule has 32 heavy (non-hydrogen) atoms. The van der Waals surface area contributed by atoms with Gasteiger partial charge in [-0.2, -0.15) is 5.10 Å². The first-order valence-corrected chi connectivity index (χ1v) is 11.1. The molecule has 0 bridgehead atoms. The van der Waals surface area contributed by atoms with E-state index in [9.17, 15) is 9.59 Å². The van der Waals surface area contributed by atoms with Crippen LogP contribution in [0.5, 0.6) is 0 Å². The summed E-state index contributed by atoms with van der Waals surface area (Å²) in [5.41, 5.74) is 1.83. The highest BCUT2D eigenvalue weighted by Crippen LogP contribution is 2.29. The quantitative estimate of drug-likeness (QED) is 0.528. The second-order valence-corrected chi connectivity index (χ2v) is 9.08. The summed E-state index contributed by atoms with van der Waals surface area (Å²) < 4.78 is 1.64. The van der Waals surface area contributed by atoms with Crippen LogP contribution in [0.2, 0.25) is 5.02 Å². The van der Waals surface area contributed by atoms with E-state index >= 15 is 0 Å². The van der Waals surface area contributed by atoms with Gasteiger partial charge in [-0.15, -0.1) is 0 Å². The average molecular weight is 453 g/mol. The SMILES string of the molecule is CCCN(CC(=O)Nc1cc(C(C)(C)C)nn1-c1ccccc1Cl)C(=O)c1ccccc1. The molecule has 0 atom stereocenters. The maximum Gasteiger partial charge on any atom is 0.254 e. The van der Waals surface area contributed by atoms with E-state index < -0.39 is 0 Å². The number of nitrogens with one attached hydrogen (secondary N) is 1. The average Bonchev–Trinajstić information content (AvgIpc) is 3.18. The Morgan fingerprint density at radius 1 is 1.06 bits per heavy atom. The lowest BCUT2D eigenvalue weighted by Crippen LogP contribution is -2.38. The first-order valence-electron chi connectivity index (χ1n) is 10.7. The molecule has 6 nitrogen and oxygen atoms in total. The Bertz CT molecular complexity index is 1090. The zero-order chi connectivity index (χ0) is 23.3. The normalized spacial score (nSPS) is 11.3. The molecule has 2 aromatic carbocycles. The lowest BCUT2D eigenvalue weighted by atomic mass is 9.92. The number of anilines is 1. The highest BCUT2D eigenvalue weighted by atomic mass is 35.5. The molecular formula is C25H29ClN4O2. The van der Waals surface area contributed by atoms with Crippen LogP contribution in [0.1, 0.15) is 50.2 Å². The van der Waals surface area contributed by atoms with Gasteiger partial charge in [0.2, 0.25) is 5.91 Å². The van der Waals surface area contributed by atoms with Gasteiger partial charge in [-0.25, -0.2) is 4.68 Å². The fourth-order valence-corrected chi connectivity index (χ4v) is 3.50. The van der Waals surface area contributed by atoms with Crippen molar-refractivity contribution in [2.24, 2.45) is 0 Å². The summed E-state index contributed by atoms with van der Waals surface area (Å²) >= 11 is 6.40. The Labute approximate surface area is 194 Å². The maximum absolute atomic E-state index is 13.0. The molecule has 0 spiro atoms. The Kier molecular flexibility index (Phi) is 7.36. The Balaban J connectivity index is 1.86. The fourth-order valence-electron chi connectivity index (χ4n) is 3.29. The van der Waals surface area contributed by atoms with Crippen molar-refractivity contribution in [2.75, 3.05) is 18.4 Å². The summed E-state index contributed by atoms with van der Waals surface area (Å²) in [4.78, 5) is 27.4. The Morgan fingerprint density at radius 3 is 2.34 bits per heavy atom. The van der Waals surface area contributed by atoms with E-state index in [1.165, 1.54) is 0 Å². The minimum atomic E-state index is -0.295. The Morgan fingerprint density at radius 2 is 1.72 bits per heavy atom. The fraction of sp³-hybridized carbons (Fsp3) is 0.320. The van der Waals surface area contributed by atoms with Crippen LogP contribution in [0.15, 0.2) is 60.7 Å². The van der Waals surface area contributed by atoms with Crippen molar-refractivity contribution in [3.63, 3.8) is 0 Å². The molecule has 0 aliphatic heterocycles. The monoisotopic (exact) mass is 452 g/mol. The predicted octanol–water partition coefficient (Wildman–Crippen LogP) is 5.31. The van der Waals surface area contributed by atoms with Crippen molar-refractivity contribution in [2.45, 2.75) is 39.5 Å². The molecule has 0 aliphatic rings. The third-order valence-electron chi connectivity index (χ3n) is 4.96. The van der Waals surface area contributed by atoms with Gasteiger partial charge in [0.05, 0.1) is 16.4 Å². The number of carbonyl (C=O) groups is 2. The van der Waals surface area contributed by atoms with Crippen molar-refractivity contribution < 1.29 is 9.59 Å². The van der Waals surface area contributed by atoms with Crippen molar-refractivity contribution in [1.82, 2.24) is 14.7 Å². The minimum absolute atomic E-state index is 0.0554. The molecule has 7 heteroatoms. The van der Waals surface area contributed by atoms with E-state index in [1.54, 1.807) is 27.8 Å². The number of para-hydroxylation sites is 1. The van der Waals surface area contributed by atoms with Crippen LogP contribution in [0, 0.1) is 0 Å². The van der Waals surface area contributed by atoms with Gasteiger partial charge in [0.15, 0.2) is 0 Å². The lowest BCUT2D eigenvalue weighted by Gasteiger charge is -2.22. The lowest BCUT2D eigenvalue weighted by molar-refractivity contribution is -0.116. The van der Waals surface area contributed by atoms with Gasteiger partial charge in [0, 0.05) is 23.6 Å². The van der Waals surface area contributed by atoms with Crippen molar-refractivity contribution in [3.8, 4) is 5.69 Å². The number of amides is 2. The van der Waals surface area contributed by atoms with Crippen LogP contribution in [0.3, 0.4) is 0 Å². The smallest absolute Gasteiger partial charge is 0.254 e. The zero-order valence-corrected chi connectivity index (χ0v) is 19.7. The molecule has 3 aromatic rings. The summed E-state index contributed by atoms with van der Waals surface area (Å²) in [5, 5.41) is 8.16. The minimum Gasteiger partial charge on any atom is -0.329 e. The molecule has 1 aromatic heterocycles. The van der Waals surface area contributed by atoms with Gasteiger partial charge in [-0.1, -0.05) is 69.6 Å². The predicted molar refractivity (Wildman–Crippen MR) is 129 cm³/mol. The van der Waals surface area contributed by atoms with E-state index in [4.69, 9.17) is 16.7 Å². The zero-order valence-electron chi connectivity index (χ0n) is 18.9. The number of carbonyl (C=O) groups excluding carboxylic acids is 2. The summed E-state index contributed by atoms with van der Waals surface area (Å²) in [5.74, 6) is 0.0469. The van der Waals surface area contributed by atoms with E-state index in [1.807, 2.05) is 49.4 Å². The van der Waals surface area contributed by atoms with Crippen LogP contribution in [0.4, 0.5) is 5.82 Å². The molecule has 1 heterocycles. The third kappa shape index (κ3) is 5.56. The first kappa shape index (κ1) is 23.5. The number of aromatic nitrogens is 2. The number of rotatable bonds is 7. The van der Waals surface area contributed by atoms with Crippen molar-refractivity contribution in [1.29, 1.82) is 0 Å².